The average molecular weight is 298 g/mol. The number of anilines is 1. The van der Waals surface area contributed by atoms with E-state index >= 15 is 0 Å². The Morgan fingerprint density at radius 1 is 1.38 bits per heavy atom. The van der Waals surface area contributed by atoms with Gasteiger partial charge < -0.3 is 5.32 Å². The Morgan fingerprint density at radius 3 is 2.71 bits per heavy atom. The molecule has 1 aromatic carbocycles. The van der Waals surface area contributed by atoms with Crippen molar-refractivity contribution in [3.05, 3.63) is 46.9 Å². The molecule has 0 saturated carbocycles. The quantitative estimate of drug-likeness (QED) is 0.836. The van der Waals surface area contributed by atoms with Crippen LogP contribution in [0, 0.1) is 17.1 Å². The van der Waals surface area contributed by atoms with Crippen LogP contribution in [0.4, 0.5) is 23.4 Å². The number of carbonyl (C=O) groups excluding carboxylic acids is 1. The highest BCUT2D eigenvalue weighted by atomic mass is 19.4. The molecule has 1 aromatic heterocycles. The number of hydrogen-bond acceptors (Lipinski definition) is 3. The van der Waals surface area contributed by atoms with E-state index in [9.17, 15) is 22.4 Å². The summed E-state index contributed by atoms with van der Waals surface area (Å²) in [6.07, 6.45) is -3.59. The zero-order valence-electron chi connectivity index (χ0n) is 10.1. The van der Waals surface area contributed by atoms with Gasteiger partial charge in [0.25, 0.3) is 5.91 Å². The highest BCUT2D eigenvalue weighted by molar-refractivity contribution is 6.04. The Balaban J connectivity index is 2.34. The lowest BCUT2D eigenvalue weighted by Crippen LogP contribution is -2.16. The molecular weight excluding hydrogens is 292 g/mol. The number of benzene rings is 1. The van der Waals surface area contributed by atoms with Crippen molar-refractivity contribution in [2.45, 2.75) is 6.18 Å². The molecule has 2 N–H and O–H groups in total. The second-order valence-electron chi connectivity index (χ2n) is 3.92. The molecule has 0 radical (unpaired) electrons. The molecule has 21 heavy (non-hydrogen) atoms. The minimum atomic E-state index is -4.70. The van der Waals surface area contributed by atoms with E-state index in [0.29, 0.717) is 18.2 Å². The van der Waals surface area contributed by atoms with E-state index in [2.05, 4.69) is 15.5 Å². The van der Waals surface area contributed by atoms with Crippen LogP contribution in [0.3, 0.4) is 0 Å². The number of hydrogen-bond donors (Lipinski definition) is 2. The lowest BCUT2D eigenvalue weighted by Gasteiger charge is -2.09. The smallest absolute Gasteiger partial charge is 0.306 e. The van der Waals surface area contributed by atoms with Crippen LogP contribution in [0.5, 0.6) is 0 Å². The summed E-state index contributed by atoms with van der Waals surface area (Å²) >= 11 is 0. The first-order chi connectivity index (χ1) is 9.82. The summed E-state index contributed by atoms with van der Waals surface area (Å²) in [6, 6.07) is 3.18. The van der Waals surface area contributed by atoms with Gasteiger partial charge in [-0.15, -0.1) is 0 Å². The Morgan fingerprint density at radius 2 is 2.10 bits per heavy atom. The summed E-state index contributed by atoms with van der Waals surface area (Å²) in [5.41, 5.74) is -1.97. The van der Waals surface area contributed by atoms with Crippen molar-refractivity contribution in [2.24, 2.45) is 0 Å². The maximum Gasteiger partial charge on any atom is 0.416 e. The summed E-state index contributed by atoms with van der Waals surface area (Å²) in [5, 5.41) is 16.6. The second kappa shape index (κ2) is 5.24. The van der Waals surface area contributed by atoms with Crippen molar-refractivity contribution in [1.82, 2.24) is 10.2 Å². The van der Waals surface area contributed by atoms with Gasteiger partial charge in [-0.3, -0.25) is 9.89 Å². The van der Waals surface area contributed by atoms with Crippen molar-refractivity contribution in [1.29, 1.82) is 5.26 Å². The lowest BCUT2D eigenvalue weighted by molar-refractivity contribution is -0.137. The van der Waals surface area contributed by atoms with Crippen LogP contribution in [-0.2, 0) is 6.18 Å². The zero-order valence-corrected chi connectivity index (χ0v) is 10.1. The number of amides is 1. The van der Waals surface area contributed by atoms with Crippen LogP contribution in [0.25, 0.3) is 0 Å². The van der Waals surface area contributed by atoms with Gasteiger partial charge in [-0.1, -0.05) is 0 Å². The van der Waals surface area contributed by atoms with Crippen LogP contribution >= 0.6 is 0 Å². The first-order valence-corrected chi connectivity index (χ1v) is 5.44. The fraction of sp³-hybridized carbons (Fsp3) is 0.0833. The van der Waals surface area contributed by atoms with Gasteiger partial charge in [0.2, 0.25) is 0 Å². The number of nitrogens with one attached hydrogen (secondary N) is 2. The van der Waals surface area contributed by atoms with Gasteiger partial charge in [0.05, 0.1) is 17.3 Å². The molecule has 2 aromatic rings. The molecule has 9 heteroatoms. The molecular formula is C12H6F4N4O. The zero-order chi connectivity index (χ0) is 15.6. The van der Waals surface area contributed by atoms with Crippen LogP contribution < -0.4 is 5.32 Å². The lowest BCUT2D eigenvalue weighted by atomic mass is 10.1. The minimum absolute atomic E-state index is 0.0317. The van der Waals surface area contributed by atoms with E-state index in [1.54, 1.807) is 6.07 Å². The van der Waals surface area contributed by atoms with E-state index in [1.807, 2.05) is 0 Å². The van der Waals surface area contributed by atoms with Gasteiger partial charge in [0.1, 0.15) is 23.3 Å². The predicted molar refractivity (Wildman–Crippen MR) is 62.7 cm³/mol. The topological polar surface area (TPSA) is 81.6 Å². The first kappa shape index (κ1) is 14.5. The number of aromatic nitrogens is 2. The predicted octanol–water partition coefficient (Wildman–Crippen LogP) is 2.69. The fourth-order valence-electron chi connectivity index (χ4n) is 1.52. The Bertz CT molecular complexity index is 730. The summed E-state index contributed by atoms with van der Waals surface area (Å²) in [7, 11) is 0. The van der Waals surface area contributed by atoms with Gasteiger partial charge in [0, 0.05) is 0 Å². The van der Waals surface area contributed by atoms with E-state index in [-0.39, 0.29) is 11.4 Å². The van der Waals surface area contributed by atoms with Crippen molar-refractivity contribution >= 4 is 11.7 Å². The highest BCUT2D eigenvalue weighted by Crippen LogP contribution is 2.30. The SMILES string of the molecule is N#Cc1cn[nH]c1NC(=O)c1cc(C(F)(F)F)ccc1F. The molecule has 0 saturated heterocycles. The molecule has 0 aliphatic carbocycles. The third kappa shape index (κ3) is 3.00. The minimum Gasteiger partial charge on any atom is -0.306 e. The second-order valence-corrected chi connectivity index (χ2v) is 3.92. The number of alkyl halides is 3. The largest absolute Gasteiger partial charge is 0.416 e. The number of halogens is 4. The van der Waals surface area contributed by atoms with E-state index < -0.39 is 29.0 Å². The number of nitrogens with zero attached hydrogens (tertiary/aromatic N) is 2. The molecule has 108 valence electrons. The number of H-pyrrole nitrogens is 1. The number of rotatable bonds is 2. The fourth-order valence-corrected chi connectivity index (χ4v) is 1.52. The molecule has 0 spiro atoms. The number of nitriles is 1. The monoisotopic (exact) mass is 298 g/mol. The maximum absolute atomic E-state index is 13.5. The standard InChI is InChI=1S/C12H6F4N4O/c13-9-2-1-7(12(14,15)16)3-8(9)11(21)19-10-6(4-17)5-18-20-10/h1-3,5H,(H2,18,19,20,21). The van der Waals surface area contributed by atoms with Gasteiger partial charge in [0.15, 0.2) is 0 Å². The highest BCUT2D eigenvalue weighted by Gasteiger charge is 2.32. The van der Waals surface area contributed by atoms with Crippen molar-refractivity contribution in [2.75, 3.05) is 5.32 Å². The molecule has 0 bridgehead atoms. The Kier molecular flexibility index (Phi) is 3.62. The molecule has 0 atom stereocenters. The van der Waals surface area contributed by atoms with Crippen LogP contribution in [-0.4, -0.2) is 16.1 Å². The van der Waals surface area contributed by atoms with Gasteiger partial charge in [-0.25, -0.2) is 4.39 Å². The van der Waals surface area contributed by atoms with E-state index in [0.717, 1.165) is 6.20 Å². The van der Waals surface area contributed by atoms with Gasteiger partial charge in [-0.05, 0) is 18.2 Å². The molecule has 0 unspecified atom stereocenters. The summed E-state index contributed by atoms with van der Waals surface area (Å²) in [6.45, 7) is 0. The molecule has 0 aliphatic heterocycles. The molecule has 0 aliphatic rings. The van der Waals surface area contributed by atoms with E-state index in [1.165, 1.54) is 0 Å². The molecule has 1 heterocycles. The van der Waals surface area contributed by atoms with Crippen LogP contribution in [0.1, 0.15) is 21.5 Å². The van der Waals surface area contributed by atoms with E-state index in [4.69, 9.17) is 5.26 Å². The van der Waals surface area contributed by atoms with Gasteiger partial charge >= 0.3 is 6.18 Å². The van der Waals surface area contributed by atoms with Crippen LogP contribution in [0.2, 0.25) is 0 Å². The third-order valence-corrected chi connectivity index (χ3v) is 2.54. The summed E-state index contributed by atoms with van der Waals surface area (Å²) < 4.78 is 51.1. The first-order valence-electron chi connectivity index (χ1n) is 5.44. The van der Waals surface area contributed by atoms with Gasteiger partial charge in [-0.2, -0.15) is 23.5 Å². The molecule has 0 fully saturated rings. The number of aromatic amines is 1. The maximum atomic E-state index is 13.5. The molecule has 1 amide bonds. The van der Waals surface area contributed by atoms with Crippen molar-refractivity contribution in [3.63, 3.8) is 0 Å². The molecule has 5 nitrogen and oxygen atoms in total. The normalized spacial score (nSPS) is 11.0. The van der Waals surface area contributed by atoms with Crippen molar-refractivity contribution < 1.29 is 22.4 Å². The third-order valence-electron chi connectivity index (χ3n) is 2.54. The Labute approximate surface area is 115 Å². The summed E-state index contributed by atoms with van der Waals surface area (Å²) in [4.78, 5) is 11.8. The van der Waals surface area contributed by atoms with Crippen LogP contribution in [0.15, 0.2) is 24.4 Å². The summed E-state index contributed by atoms with van der Waals surface area (Å²) in [5.74, 6) is -2.36. The number of carbonyl (C=O) groups is 1. The Hall–Kier alpha value is -2.89. The molecule has 2 rings (SSSR count). The van der Waals surface area contributed by atoms with Crippen molar-refractivity contribution in [3.8, 4) is 6.07 Å². The average Bonchev–Trinajstić information content (AvgIpc) is 2.84.